The Kier molecular flexibility index (Phi) is 4.63. The second-order valence-corrected chi connectivity index (χ2v) is 5.70. The monoisotopic (exact) mass is 319 g/mol. The third kappa shape index (κ3) is 3.42. The van der Waals surface area contributed by atoms with Gasteiger partial charge in [0.15, 0.2) is 0 Å². The Morgan fingerprint density at radius 1 is 1.45 bits per heavy atom. The van der Waals surface area contributed by atoms with E-state index in [-0.39, 0.29) is 11.9 Å². The van der Waals surface area contributed by atoms with Gasteiger partial charge in [0.1, 0.15) is 5.75 Å². The number of para-hydroxylation sites is 1. The highest BCUT2D eigenvalue weighted by molar-refractivity contribution is 6.32. The van der Waals surface area contributed by atoms with Gasteiger partial charge in [0, 0.05) is 37.3 Å². The van der Waals surface area contributed by atoms with E-state index in [4.69, 9.17) is 16.3 Å². The summed E-state index contributed by atoms with van der Waals surface area (Å²) in [5.74, 6) is 0.738. The van der Waals surface area contributed by atoms with Crippen molar-refractivity contribution >= 4 is 17.5 Å². The Balaban J connectivity index is 1.55. The van der Waals surface area contributed by atoms with Crippen molar-refractivity contribution in [3.8, 4) is 5.75 Å². The van der Waals surface area contributed by atoms with Gasteiger partial charge in [-0.1, -0.05) is 23.7 Å². The molecule has 22 heavy (non-hydrogen) atoms. The van der Waals surface area contributed by atoms with Crippen LogP contribution in [0.3, 0.4) is 0 Å². The van der Waals surface area contributed by atoms with Crippen LogP contribution >= 0.6 is 11.6 Å². The fourth-order valence-electron chi connectivity index (χ4n) is 2.64. The predicted octanol–water partition coefficient (Wildman–Crippen LogP) is 2.96. The van der Waals surface area contributed by atoms with E-state index in [1.54, 1.807) is 12.3 Å². The fourth-order valence-corrected chi connectivity index (χ4v) is 2.87. The van der Waals surface area contributed by atoms with E-state index >= 15 is 0 Å². The molecule has 0 spiro atoms. The molecular formula is C16H18ClN3O2. The zero-order chi connectivity index (χ0) is 15.4. The summed E-state index contributed by atoms with van der Waals surface area (Å²) in [6.45, 7) is 1.31. The van der Waals surface area contributed by atoms with Crippen LogP contribution in [0.25, 0.3) is 0 Å². The minimum Gasteiger partial charge on any atom is -0.492 e. The van der Waals surface area contributed by atoms with Gasteiger partial charge >= 0.3 is 0 Å². The van der Waals surface area contributed by atoms with E-state index in [0.29, 0.717) is 23.8 Å². The molecule has 3 rings (SSSR count). The SMILES string of the molecule is O=C(CCCn1cccn1)N[C@@H]1CCOc2c(Cl)cccc21. The summed E-state index contributed by atoms with van der Waals surface area (Å²) in [4.78, 5) is 12.1. The van der Waals surface area contributed by atoms with Gasteiger partial charge in [-0.15, -0.1) is 0 Å². The molecular weight excluding hydrogens is 302 g/mol. The molecule has 5 nitrogen and oxygen atoms in total. The molecule has 0 unspecified atom stereocenters. The topological polar surface area (TPSA) is 56.2 Å². The van der Waals surface area contributed by atoms with Crippen molar-refractivity contribution in [3.05, 3.63) is 47.2 Å². The van der Waals surface area contributed by atoms with Crippen molar-refractivity contribution in [1.82, 2.24) is 15.1 Å². The van der Waals surface area contributed by atoms with Crippen LogP contribution in [-0.4, -0.2) is 22.3 Å². The first-order valence-electron chi connectivity index (χ1n) is 7.42. The molecule has 0 radical (unpaired) electrons. The number of amides is 1. The molecule has 0 fully saturated rings. The third-order valence-corrected chi connectivity index (χ3v) is 4.01. The van der Waals surface area contributed by atoms with Gasteiger partial charge in [0.2, 0.25) is 5.91 Å². The van der Waals surface area contributed by atoms with E-state index in [2.05, 4.69) is 10.4 Å². The molecule has 116 valence electrons. The summed E-state index contributed by atoms with van der Waals surface area (Å²) in [7, 11) is 0. The Bertz CT molecular complexity index is 643. The maximum atomic E-state index is 12.1. The van der Waals surface area contributed by atoms with Crippen LogP contribution in [0.15, 0.2) is 36.7 Å². The summed E-state index contributed by atoms with van der Waals surface area (Å²) in [5, 5.41) is 7.79. The number of aromatic nitrogens is 2. The molecule has 1 amide bonds. The fraction of sp³-hybridized carbons (Fsp3) is 0.375. The summed E-state index contributed by atoms with van der Waals surface area (Å²) in [6.07, 6.45) is 5.64. The van der Waals surface area contributed by atoms with Crippen molar-refractivity contribution in [2.75, 3.05) is 6.61 Å². The van der Waals surface area contributed by atoms with Crippen molar-refractivity contribution in [2.45, 2.75) is 31.8 Å². The van der Waals surface area contributed by atoms with Crippen LogP contribution in [-0.2, 0) is 11.3 Å². The number of hydrogen-bond donors (Lipinski definition) is 1. The van der Waals surface area contributed by atoms with Crippen molar-refractivity contribution < 1.29 is 9.53 Å². The van der Waals surface area contributed by atoms with Gasteiger partial charge in [-0.3, -0.25) is 9.48 Å². The highest BCUT2D eigenvalue weighted by atomic mass is 35.5. The maximum absolute atomic E-state index is 12.1. The molecule has 1 aliphatic heterocycles. The molecule has 0 bridgehead atoms. The first kappa shape index (κ1) is 14.9. The number of nitrogens with one attached hydrogen (secondary N) is 1. The van der Waals surface area contributed by atoms with E-state index in [1.165, 1.54) is 0 Å². The molecule has 2 aromatic rings. The lowest BCUT2D eigenvalue weighted by Crippen LogP contribution is -2.32. The lowest BCUT2D eigenvalue weighted by atomic mass is 10.0. The van der Waals surface area contributed by atoms with Crippen molar-refractivity contribution in [1.29, 1.82) is 0 Å². The second-order valence-electron chi connectivity index (χ2n) is 5.29. The van der Waals surface area contributed by atoms with Crippen LogP contribution < -0.4 is 10.1 Å². The molecule has 0 saturated heterocycles. The highest BCUT2D eigenvalue weighted by Gasteiger charge is 2.24. The number of rotatable bonds is 5. The van der Waals surface area contributed by atoms with Gasteiger partial charge in [-0.05, 0) is 18.6 Å². The molecule has 1 aromatic heterocycles. The first-order chi connectivity index (χ1) is 10.7. The lowest BCUT2D eigenvalue weighted by Gasteiger charge is -2.27. The Morgan fingerprint density at radius 2 is 2.36 bits per heavy atom. The molecule has 6 heteroatoms. The van der Waals surface area contributed by atoms with Gasteiger partial charge < -0.3 is 10.1 Å². The summed E-state index contributed by atoms with van der Waals surface area (Å²) in [6, 6.07) is 7.49. The molecule has 1 atom stereocenters. The molecule has 2 heterocycles. The van der Waals surface area contributed by atoms with Crippen molar-refractivity contribution in [3.63, 3.8) is 0 Å². The van der Waals surface area contributed by atoms with E-state index < -0.39 is 0 Å². The van der Waals surface area contributed by atoms with Crippen LogP contribution in [0, 0.1) is 0 Å². The zero-order valence-corrected chi connectivity index (χ0v) is 12.9. The van der Waals surface area contributed by atoms with Crippen LogP contribution in [0.1, 0.15) is 30.9 Å². The highest BCUT2D eigenvalue weighted by Crippen LogP contribution is 2.37. The van der Waals surface area contributed by atoms with Crippen LogP contribution in [0.2, 0.25) is 5.02 Å². The average molecular weight is 320 g/mol. The number of aryl methyl sites for hydroxylation is 1. The molecule has 1 aromatic carbocycles. The Labute approximate surface area is 134 Å². The van der Waals surface area contributed by atoms with Gasteiger partial charge in [-0.25, -0.2) is 0 Å². The number of hydrogen-bond acceptors (Lipinski definition) is 3. The van der Waals surface area contributed by atoms with E-state index in [1.807, 2.05) is 29.1 Å². The van der Waals surface area contributed by atoms with Gasteiger partial charge in [0.25, 0.3) is 0 Å². The van der Waals surface area contributed by atoms with Crippen LogP contribution in [0.5, 0.6) is 5.75 Å². The Hall–Kier alpha value is -2.01. The molecule has 1 aliphatic rings. The van der Waals surface area contributed by atoms with Crippen LogP contribution in [0.4, 0.5) is 0 Å². The minimum atomic E-state index is -0.0281. The van der Waals surface area contributed by atoms with Gasteiger partial charge in [0.05, 0.1) is 17.7 Å². The van der Waals surface area contributed by atoms with E-state index in [0.717, 1.165) is 24.9 Å². The number of fused-ring (bicyclic) bond motifs is 1. The normalized spacial score (nSPS) is 16.7. The number of carbonyl (C=O) groups excluding carboxylic acids is 1. The lowest BCUT2D eigenvalue weighted by molar-refractivity contribution is -0.122. The number of carbonyl (C=O) groups is 1. The predicted molar refractivity (Wildman–Crippen MR) is 83.9 cm³/mol. The summed E-state index contributed by atoms with van der Waals surface area (Å²) < 4.78 is 7.43. The second kappa shape index (κ2) is 6.83. The third-order valence-electron chi connectivity index (χ3n) is 3.71. The van der Waals surface area contributed by atoms with Gasteiger partial charge in [-0.2, -0.15) is 5.10 Å². The molecule has 1 N–H and O–H groups in total. The average Bonchev–Trinajstić information content (AvgIpc) is 3.02. The van der Waals surface area contributed by atoms with E-state index in [9.17, 15) is 4.79 Å². The maximum Gasteiger partial charge on any atom is 0.220 e. The minimum absolute atomic E-state index is 0.0281. The van der Waals surface area contributed by atoms with Crippen molar-refractivity contribution in [2.24, 2.45) is 0 Å². The number of benzene rings is 1. The Morgan fingerprint density at radius 3 is 3.18 bits per heavy atom. The largest absolute Gasteiger partial charge is 0.492 e. The quantitative estimate of drug-likeness (QED) is 0.921. The number of halogens is 1. The molecule has 0 saturated carbocycles. The summed E-state index contributed by atoms with van der Waals surface area (Å²) >= 11 is 6.14. The number of ether oxygens (including phenoxy) is 1. The number of nitrogens with zero attached hydrogens (tertiary/aromatic N) is 2. The first-order valence-corrected chi connectivity index (χ1v) is 7.80. The standard InChI is InChI=1S/C16H18ClN3O2/c17-13-5-1-4-12-14(7-11-22-16(12)13)19-15(21)6-2-9-20-10-3-8-18-20/h1,3-5,8,10,14H,2,6-7,9,11H2,(H,19,21)/t14-/m1/s1. The smallest absolute Gasteiger partial charge is 0.220 e. The zero-order valence-electron chi connectivity index (χ0n) is 12.2. The molecule has 0 aliphatic carbocycles. The summed E-state index contributed by atoms with van der Waals surface area (Å²) in [5.41, 5.74) is 0.958.